The van der Waals surface area contributed by atoms with E-state index in [-0.39, 0.29) is 12.7 Å². The van der Waals surface area contributed by atoms with Crippen LogP contribution in [0.4, 0.5) is 0 Å². The van der Waals surface area contributed by atoms with E-state index >= 15 is 0 Å². The van der Waals surface area contributed by atoms with Gasteiger partial charge >= 0.3 is 0 Å². The Bertz CT molecular complexity index is 537. The molecule has 1 amide bonds. The lowest BCUT2D eigenvalue weighted by molar-refractivity contribution is -0.134. The minimum Gasteiger partial charge on any atom is -0.396 e. The number of piperidine rings is 1. The number of rotatable bonds is 6. The van der Waals surface area contributed by atoms with Gasteiger partial charge in [-0.3, -0.25) is 4.79 Å². The van der Waals surface area contributed by atoms with Crippen molar-refractivity contribution >= 4 is 5.91 Å². The van der Waals surface area contributed by atoms with Crippen LogP contribution in [0.15, 0.2) is 24.3 Å². The van der Waals surface area contributed by atoms with E-state index in [1.807, 2.05) is 4.90 Å². The maximum absolute atomic E-state index is 12.7. The second kappa shape index (κ2) is 8.63. The number of aryl methyl sites for hydroxylation is 1. The van der Waals surface area contributed by atoms with Gasteiger partial charge in [0.2, 0.25) is 5.91 Å². The van der Waals surface area contributed by atoms with Crippen molar-refractivity contribution in [3.8, 4) is 0 Å². The van der Waals surface area contributed by atoms with Crippen molar-refractivity contribution in [3.05, 3.63) is 35.4 Å². The summed E-state index contributed by atoms with van der Waals surface area (Å²) in [5, 5.41) is 8.80. The molecule has 1 aromatic rings. The predicted octanol–water partition coefficient (Wildman–Crippen LogP) is 2.89. The maximum atomic E-state index is 12.7. The number of ether oxygens (including phenoxy) is 1. The summed E-state index contributed by atoms with van der Waals surface area (Å²) < 4.78 is 5.75. The molecule has 1 unspecified atom stereocenters. The summed E-state index contributed by atoms with van der Waals surface area (Å²) in [6.07, 6.45) is 6.89. The fourth-order valence-electron chi connectivity index (χ4n) is 3.99. The second-order valence-electron chi connectivity index (χ2n) is 7.02. The molecule has 132 valence electrons. The first-order valence-corrected chi connectivity index (χ1v) is 9.36. The Hall–Kier alpha value is -1.39. The molecule has 0 bridgehead atoms. The zero-order valence-corrected chi connectivity index (χ0v) is 14.5. The summed E-state index contributed by atoms with van der Waals surface area (Å²) in [6, 6.07) is 8.61. The Balaban J connectivity index is 1.48. The van der Waals surface area contributed by atoms with Gasteiger partial charge in [0.15, 0.2) is 0 Å². The lowest BCUT2D eigenvalue weighted by Gasteiger charge is -2.33. The molecule has 0 radical (unpaired) electrons. The van der Waals surface area contributed by atoms with Gasteiger partial charge in [-0.05, 0) is 55.6 Å². The maximum Gasteiger partial charge on any atom is 0.223 e. The van der Waals surface area contributed by atoms with E-state index in [2.05, 4.69) is 24.3 Å². The standard InChI is InChI=1S/C20H29NO3/c22-13-4-14-24-18-9-11-21(12-10-18)20(23)15-17-7-3-6-16-5-1-2-8-19(16)17/h1-2,5,8,17-18,22H,3-4,6-7,9-15H2. The molecule has 1 aliphatic carbocycles. The number of hydrogen-bond donors (Lipinski definition) is 1. The molecule has 3 rings (SSSR count). The summed E-state index contributed by atoms with van der Waals surface area (Å²) in [4.78, 5) is 14.7. The molecular formula is C20H29NO3. The van der Waals surface area contributed by atoms with E-state index in [0.29, 0.717) is 31.3 Å². The third-order valence-corrected chi connectivity index (χ3v) is 5.37. The van der Waals surface area contributed by atoms with Gasteiger partial charge in [0, 0.05) is 32.7 Å². The van der Waals surface area contributed by atoms with E-state index in [0.717, 1.165) is 38.8 Å². The van der Waals surface area contributed by atoms with E-state index in [1.165, 1.54) is 17.5 Å². The lowest BCUT2D eigenvalue weighted by atomic mass is 9.81. The minimum absolute atomic E-state index is 0.181. The van der Waals surface area contributed by atoms with Crippen LogP contribution in [0, 0.1) is 0 Å². The van der Waals surface area contributed by atoms with Crippen LogP contribution in [-0.2, 0) is 16.0 Å². The molecule has 4 nitrogen and oxygen atoms in total. The third-order valence-electron chi connectivity index (χ3n) is 5.37. The van der Waals surface area contributed by atoms with Crippen LogP contribution in [0.5, 0.6) is 0 Å². The lowest BCUT2D eigenvalue weighted by Crippen LogP contribution is -2.41. The van der Waals surface area contributed by atoms with Crippen LogP contribution in [0.25, 0.3) is 0 Å². The summed E-state index contributed by atoms with van der Waals surface area (Å²) in [5.41, 5.74) is 2.82. The molecule has 2 aliphatic rings. The van der Waals surface area contributed by atoms with Gasteiger partial charge in [-0.15, -0.1) is 0 Å². The van der Waals surface area contributed by atoms with Crippen LogP contribution < -0.4 is 0 Å². The SMILES string of the molecule is O=C(CC1CCCc2ccccc21)N1CCC(OCCCO)CC1. The predicted molar refractivity (Wildman–Crippen MR) is 94.0 cm³/mol. The Morgan fingerprint density at radius 1 is 1.21 bits per heavy atom. The zero-order chi connectivity index (χ0) is 16.8. The van der Waals surface area contributed by atoms with Gasteiger partial charge in [-0.1, -0.05) is 24.3 Å². The number of carbonyl (C=O) groups is 1. The Morgan fingerprint density at radius 3 is 2.79 bits per heavy atom. The quantitative estimate of drug-likeness (QED) is 0.816. The monoisotopic (exact) mass is 331 g/mol. The Kier molecular flexibility index (Phi) is 6.27. The van der Waals surface area contributed by atoms with Crippen LogP contribution in [0.3, 0.4) is 0 Å². The summed E-state index contributed by atoms with van der Waals surface area (Å²) >= 11 is 0. The first kappa shape index (κ1) is 17.4. The molecule has 0 spiro atoms. The van der Waals surface area contributed by atoms with E-state index in [1.54, 1.807) is 0 Å². The molecule has 1 N–H and O–H groups in total. The van der Waals surface area contributed by atoms with Crippen LogP contribution >= 0.6 is 0 Å². The fraction of sp³-hybridized carbons (Fsp3) is 0.650. The van der Waals surface area contributed by atoms with Crippen molar-refractivity contribution in [2.24, 2.45) is 0 Å². The molecular weight excluding hydrogens is 302 g/mol. The molecule has 0 saturated carbocycles. The second-order valence-corrected chi connectivity index (χ2v) is 7.02. The van der Waals surface area contributed by atoms with E-state index in [4.69, 9.17) is 9.84 Å². The highest BCUT2D eigenvalue weighted by atomic mass is 16.5. The van der Waals surface area contributed by atoms with E-state index < -0.39 is 0 Å². The number of carbonyl (C=O) groups excluding carboxylic acids is 1. The van der Waals surface area contributed by atoms with Crippen molar-refractivity contribution in [2.75, 3.05) is 26.3 Å². The average Bonchev–Trinajstić information content (AvgIpc) is 2.63. The van der Waals surface area contributed by atoms with Crippen molar-refractivity contribution in [3.63, 3.8) is 0 Å². The highest BCUT2D eigenvalue weighted by Crippen LogP contribution is 2.34. The molecule has 1 aromatic carbocycles. The molecule has 1 atom stereocenters. The van der Waals surface area contributed by atoms with Crippen molar-refractivity contribution in [1.29, 1.82) is 0 Å². The van der Waals surface area contributed by atoms with E-state index in [9.17, 15) is 4.79 Å². The van der Waals surface area contributed by atoms with Crippen LogP contribution in [0.1, 0.15) is 55.6 Å². The zero-order valence-electron chi connectivity index (χ0n) is 14.5. The number of aliphatic hydroxyl groups is 1. The molecule has 24 heavy (non-hydrogen) atoms. The van der Waals surface area contributed by atoms with Gasteiger partial charge in [-0.25, -0.2) is 0 Å². The largest absolute Gasteiger partial charge is 0.396 e. The normalized spacial score (nSPS) is 21.5. The van der Waals surface area contributed by atoms with Gasteiger partial charge in [0.1, 0.15) is 0 Å². The summed E-state index contributed by atoms with van der Waals surface area (Å²) in [6.45, 7) is 2.40. The van der Waals surface area contributed by atoms with Crippen molar-refractivity contribution < 1.29 is 14.6 Å². The first-order valence-electron chi connectivity index (χ1n) is 9.36. The van der Waals surface area contributed by atoms with Crippen LogP contribution in [0.2, 0.25) is 0 Å². The Morgan fingerprint density at radius 2 is 2.00 bits per heavy atom. The molecule has 1 saturated heterocycles. The van der Waals surface area contributed by atoms with Crippen LogP contribution in [-0.4, -0.2) is 48.3 Å². The summed E-state index contributed by atoms with van der Waals surface area (Å²) in [5.74, 6) is 0.687. The fourth-order valence-corrected chi connectivity index (χ4v) is 3.99. The smallest absolute Gasteiger partial charge is 0.223 e. The average molecular weight is 331 g/mol. The summed E-state index contributed by atoms with van der Waals surface area (Å²) in [7, 11) is 0. The van der Waals surface area contributed by atoms with Crippen molar-refractivity contribution in [1.82, 2.24) is 4.90 Å². The van der Waals surface area contributed by atoms with Gasteiger partial charge in [-0.2, -0.15) is 0 Å². The van der Waals surface area contributed by atoms with Crippen molar-refractivity contribution in [2.45, 2.75) is 57.0 Å². The topological polar surface area (TPSA) is 49.8 Å². The molecule has 1 heterocycles. The number of fused-ring (bicyclic) bond motifs is 1. The highest BCUT2D eigenvalue weighted by molar-refractivity contribution is 5.77. The number of amides is 1. The number of hydrogen-bond acceptors (Lipinski definition) is 3. The Labute approximate surface area is 144 Å². The van der Waals surface area contributed by atoms with Gasteiger partial charge in [0.05, 0.1) is 6.10 Å². The first-order chi connectivity index (χ1) is 11.8. The minimum atomic E-state index is 0.181. The number of benzene rings is 1. The molecule has 4 heteroatoms. The number of likely N-dealkylation sites (tertiary alicyclic amines) is 1. The third kappa shape index (κ3) is 4.37. The van der Waals surface area contributed by atoms with Gasteiger partial charge < -0.3 is 14.7 Å². The molecule has 0 aromatic heterocycles. The van der Waals surface area contributed by atoms with Gasteiger partial charge in [0.25, 0.3) is 0 Å². The number of aliphatic hydroxyl groups excluding tert-OH is 1. The number of nitrogens with zero attached hydrogens (tertiary/aromatic N) is 1. The molecule has 1 fully saturated rings. The molecule has 1 aliphatic heterocycles. The highest BCUT2D eigenvalue weighted by Gasteiger charge is 2.27.